The standard InChI is InChI=1S/C15H18N2O/c1-12(14-7-3-4-8-15(14)18-2)17-11-13-6-5-9-16-10-13/h3-10,12,17H,11H2,1-2H3/t12-/m1/s1. The Kier molecular flexibility index (Phi) is 4.31. The summed E-state index contributed by atoms with van der Waals surface area (Å²) in [6.45, 7) is 2.93. The van der Waals surface area contributed by atoms with Crippen LogP contribution in [0.25, 0.3) is 0 Å². The van der Waals surface area contributed by atoms with E-state index in [1.807, 2.05) is 30.5 Å². The van der Waals surface area contributed by atoms with Crippen molar-refractivity contribution >= 4 is 0 Å². The molecule has 0 spiro atoms. The third-order valence-electron chi connectivity index (χ3n) is 2.94. The van der Waals surface area contributed by atoms with Crippen LogP contribution in [0, 0.1) is 0 Å². The van der Waals surface area contributed by atoms with E-state index in [9.17, 15) is 0 Å². The number of rotatable bonds is 5. The summed E-state index contributed by atoms with van der Waals surface area (Å²) < 4.78 is 5.37. The molecular formula is C15H18N2O. The number of hydrogen-bond acceptors (Lipinski definition) is 3. The van der Waals surface area contributed by atoms with Crippen LogP contribution in [0.5, 0.6) is 5.75 Å². The van der Waals surface area contributed by atoms with Gasteiger partial charge >= 0.3 is 0 Å². The summed E-state index contributed by atoms with van der Waals surface area (Å²) in [5.41, 5.74) is 2.35. The molecule has 3 nitrogen and oxygen atoms in total. The van der Waals surface area contributed by atoms with E-state index in [0.717, 1.165) is 12.3 Å². The lowest BCUT2D eigenvalue weighted by Crippen LogP contribution is -2.18. The first-order chi connectivity index (χ1) is 8.81. The Morgan fingerprint density at radius 3 is 2.78 bits per heavy atom. The van der Waals surface area contributed by atoms with Gasteiger partial charge in [-0.2, -0.15) is 0 Å². The number of benzene rings is 1. The molecule has 1 N–H and O–H groups in total. The fourth-order valence-corrected chi connectivity index (χ4v) is 1.91. The van der Waals surface area contributed by atoms with Gasteiger partial charge in [-0.1, -0.05) is 24.3 Å². The third kappa shape index (κ3) is 3.08. The van der Waals surface area contributed by atoms with E-state index in [2.05, 4.69) is 29.4 Å². The Bertz CT molecular complexity index is 485. The number of pyridine rings is 1. The maximum Gasteiger partial charge on any atom is 0.123 e. The average molecular weight is 242 g/mol. The summed E-state index contributed by atoms with van der Waals surface area (Å²) in [7, 11) is 1.70. The van der Waals surface area contributed by atoms with E-state index in [-0.39, 0.29) is 6.04 Å². The van der Waals surface area contributed by atoms with E-state index >= 15 is 0 Å². The lowest BCUT2D eigenvalue weighted by atomic mass is 10.1. The summed E-state index contributed by atoms with van der Waals surface area (Å²) in [5.74, 6) is 0.920. The number of nitrogens with zero attached hydrogens (tertiary/aromatic N) is 1. The molecule has 0 saturated heterocycles. The number of para-hydroxylation sites is 1. The first-order valence-corrected chi connectivity index (χ1v) is 6.06. The number of hydrogen-bond donors (Lipinski definition) is 1. The molecule has 0 unspecified atom stereocenters. The molecule has 2 rings (SSSR count). The molecule has 0 radical (unpaired) electrons. The zero-order valence-electron chi connectivity index (χ0n) is 10.8. The summed E-state index contributed by atoms with van der Waals surface area (Å²) in [6, 6.07) is 12.3. The molecule has 0 aliphatic carbocycles. The first kappa shape index (κ1) is 12.6. The number of ether oxygens (including phenoxy) is 1. The zero-order chi connectivity index (χ0) is 12.8. The molecule has 1 aromatic carbocycles. The largest absolute Gasteiger partial charge is 0.496 e. The molecule has 1 atom stereocenters. The highest BCUT2D eigenvalue weighted by Crippen LogP contribution is 2.24. The van der Waals surface area contributed by atoms with Gasteiger partial charge in [-0.15, -0.1) is 0 Å². The predicted octanol–water partition coefficient (Wildman–Crippen LogP) is 2.94. The van der Waals surface area contributed by atoms with Crippen molar-refractivity contribution in [2.75, 3.05) is 7.11 Å². The number of nitrogens with one attached hydrogen (secondary N) is 1. The van der Waals surface area contributed by atoms with Crippen LogP contribution in [-0.4, -0.2) is 12.1 Å². The number of aromatic nitrogens is 1. The smallest absolute Gasteiger partial charge is 0.123 e. The molecule has 2 aromatic rings. The molecule has 0 saturated carbocycles. The molecule has 94 valence electrons. The van der Waals surface area contributed by atoms with Crippen LogP contribution in [0.4, 0.5) is 0 Å². The van der Waals surface area contributed by atoms with Gasteiger partial charge in [-0.05, 0) is 24.6 Å². The molecule has 3 heteroatoms. The second-order valence-corrected chi connectivity index (χ2v) is 4.21. The lowest BCUT2D eigenvalue weighted by molar-refractivity contribution is 0.401. The molecule has 0 fully saturated rings. The van der Waals surface area contributed by atoms with Gasteiger partial charge in [0.15, 0.2) is 0 Å². The van der Waals surface area contributed by atoms with Gasteiger partial charge < -0.3 is 10.1 Å². The monoisotopic (exact) mass is 242 g/mol. The van der Waals surface area contributed by atoms with Crippen molar-refractivity contribution in [3.8, 4) is 5.75 Å². The molecule has 1 heterocycles. The maximum atomic E-state index is 5.37. The molecule has 0 aliphatic heterocycles. The van der Waals surface area contributed by atoms with Gasteiger partial charge in [0.05, 0.1) is 7.11 Å². The van der Waals surface area contributed by atoms with Crippen LogP contribution < -0.4 is 10.1 Å². The molecular weight excluding hydrogens is 224 g/mol. The topological polar surface area (TPSA) is 34.1 Å². The average Bonchev–Trinajstić information content (AvgIpc) is 2.45. The Morgan fingerprint density at radius 1 is 1.22 bits per heavy atom. The maximum absolute atomic E-state index is 5.37. The van der Waals surface area contributed by atoms with Crippen LogP contribution in [0.15, 0.2) is 48.8 Å². The van der Waals surface area contributed by atoms with E-state index < -0.39 is 0 Å². The van der Waals surface area contributed by atoms with Crippen molar-refractivity contribution in [1.29, 1.82) is 0 Å². The molecule has 0 aliphatic rings. The third-order valence-corrected chi connectivity index (χ3v) is 2.94. The Balaban J connectivity index is 2.01. The van der Waals surface area contributed by atoms with E-state index in [4.69, 9.17) is 4.74 Å². The van der Waals surface area contributed by atoms with Crippen LogP contribution in [-0.2, 0) is 6.54 Å². The molecule has 0 bridgehead atoms. The van der Waals surface area contributed by atoms with Gasteiger partial charge in [0, 0.05) is 30.5 Å². The highest BCUT2D eigenvalue weighted by molar-refractivity contribution is 5.35. The predicted molar refractivity (Wildman–Crippen MR) is 72.5 cm³/mol. The van der Waals surface area contributed by atoms with Gasteiger partial charge in [0.25, 0.3) is 0 Å². The fourth-order valence-electron chi connectivity index (χ4n) is 1.91. The van der Waals surface area contributed by atoms with E-state index in [0.29, 0.717) is 0 Å². The summed E-state index contributed by atoms with van der Waals surface area (Å²) in [5, 5.41) is 3.47. The minimum Gasteiger partial charge on any atom is -0.496 e. The normalized spacial score (nSPS) is 12.1. The Labute approximate surface area is 108 Å². The van der Waals surface area contributed by atoms with E-state index in [1.54, 1.807) is 13.3 Å². The zero-order valence-corrected chi connectivity index (χ0v) is 10.8. The van der Waals surface area contributed by atoms with Crippen molar-refractivity contribution in [3.05, 3.63) is 59.9 Å². The second kappa shape index (κ2) is 6.17. The molecule has 18 heavy (non-hydrogen) atoms. The van der Waals surface area contributed by atoms with Crippen molar-refractivity contribution in [2.24, 2.45) is 0 Å². The summed E-state index contributed by atoms with van der Waals surface area (Å²) in [4.78, 5) is 4.10. The van der Waals surface area contributed by atoms with Gasteiger partial charge in [0.2, 0.25) is 0 Å². The molecule has 0 amide bonds. The van der Waals surface area contributed by atoms with Crippen LogP contribution in [0.3, 0.4) is 0 Å². The Hall–Kier alpha value is -1.87. The minimum atomic E-state index is 0.237. The highest BCUT2D eigenvalue weighted by atomic mass is 16.5. The summed E-state index contributed by atoms with van der Waals surface area (Å²) >= 11 is 0. The summed E-state index contributed by atoms with van der Waals surface area (Å²) in [6.07, 6.45) is 3.66. The van der Waals surface area contributed by atoms with Gasteiger partial charge in [-0.25, -0.2) is 0 Å². The first-order valence-electron chi connectivity index (χ1n) is 6.06. The van der Waals surface area contributed by atoms with Crippen LogP contribution in [0.2, 0.25) is 0 Å². The minimum absolute atomic E-state index is 0.237. The van der Waals surface area contributed by atoms with Crippen LogP contribution >= 0.6 is 0 Å². The molecule has 1 aromatic heterocycles. The highest BCUT2D eigenvalue weighted by Gasteiger charge is 2.09. The van der Waals surface area contributed by atoms with E-state index in [1.165, 1.54) is 11.1 Å². The number of methoxy groups -OCH3 is 1. The fraction of sp³-hybridized carbons (Fsp3) is 0.267. The quantitative estimate of drug-likeness (QED) is 0.875. The van der Waals surface area contributed by atoms with Gasteiger partial charge in [-0.3, -0.25) is 4.98 Å². The Morgan fingerprint density at radius 2 is 2.06 bits per heavy atom. The van der Waals surface area contributed by atoms with Gasteiger partial charge in [0.1, 0.15) is 5.75 Å². The van der Waals surface area contributed by atoms with Crippen molar-refractivity contribution in [3.63, 3.8) is 0 Å². The lowest BCUT2D eigenvalue weighted by Gasteiger charge is -2.17. The van der Waals surface area contributed by atoms with Crippen LogP contribution in [0.1, 0.15) is 24.1 Å². The van der Waals surface area contributed by atoms with Crippen molar-refractivity contribution in [2.45, 2.75) is 19.5 Å². The second-order valence-electron chi connectivity index (χ2n) is 4.21. The SMILES string of the molecule is COc1ccccc1[C@@H](C)NCc1cccnc1. The van der Waals surface area contributed by atoms with Crippen molar-refractivity contribution < 1.29 is 4.74 Å². The van der Waals surface area contributed by atoms with Crippen molar-refractivity contribution in [1.82, 2.24) is 10.3 Å².